The topological polar surface area (TPSA) is 72.8 Å². The molecule has 5 heteroatoms. The van der Waals surface area contributed by atoms with Gasteiger partial charge in [0.15, 0.2) is 0 Å². The Balaban J connectivity index is 4.04. The molecule has 286 valence electrons. The summed E-state index contributed by atoms with van der Waals surface area (Å²) in [6, 6.07) is 0. The predicted octanol–water partition coefficient (Wildman–Crippen LogP) is 13.2. The number of unbranched alkanes of at least 4 members (excludes halogenated alkanes) is 18. The second-order valence-corrected chi connectivity index (χ2v) is 15.0. The van der Waals surface area contributed by atoms with Crippen LogP contribution in [-0.4, -0.2) is 36.4 Å². The van der Waals surface area contributed by atoms with Gasteiger partial charge in [-0.2, -0.15) is 0 Å². The molecule has 0 heterocycles. The Labute approximate surface area is 299 Å². The molecule has 0 amide bonds. The lowest BCUT2D eigenvalue weighted by Crippen LogP contribution is -2.14. The van der Waals surface area contributed by atoms with Crippen molar-refractivity contribution < 1.29 is 24.2 Å². The molecule has 0 aromatic carbocycles. The second-order valence-electron chi connectivity index (χ2n) is 15.0. The highest BCUT2D eigenvalue weighted by Gasteiger charge is 2.16. The molecule has 0 aliphatic heterocycles. The van der Waals surface area contributed by atoms with Crippen molar-refractivity contribution in [1.82, 2.24) is 0 Å². The Morgan fingerprint density at radius 2 is 0.667 bits per heavy atom. The van der Waals surface area contributed by atoms with Crippen molar-refractivity contribution in [2.75, 3.05) is 13.2 Å². The number of aliphatic hydroxyl groups excluding tert-OH is 1. The molecular weight excluding hydrogens is 596 g/mol. The zero-order valence-electron chi connectivity index (χ0n) is 32.9. The summed E-state index contributed by atoms with van der Waals surface area (Å²) in [5.41, 5.74) is 0. The van der Waals surface area contributed by atoms with Crippen LogP contribution >= 0.6 is 0 Å². The van der Waals surface area contributed by atoms with Gasteiger partial charge in [-0.3, -0.25) is 9.59 Å². The van der Waals surface area contributed by atoms with Crippen LogP contribution in [-0.2, 0) is 19.1 Å². The molecule has 0 saturated heterocycles. The van der Waals surface area contributed by atoms with Crippen LogP contribution in [0.3, 0.4) is 0 Å². The molecule has 0 aromatic rings. The maximum atomic E-state index is 12.6. The molecule has 2 unspecified atom stereocenters. The predicted molar refractivity (Wildman–Crippen MR) is 205 cm³/mol. The zero-order chi connectivity index (χ0) is 35.3. The van der Waals surface area contributed by atoms with E-state index in [0.29, 0.717) is 37.9 Å². The van der Waals surface area contributed by atoms with Crippen molar-refractivity contribution in [3.8, 4) is 0 Å². The number of carbonyl (C=O) groups is 2. The fourth-order valence-corrected chi connectivity index (χ4v) is 6.91. The van der Waals surface area contributed by atoms with Gasteiger partial charge in [-0.1, -0.05) is 156 Å². The van der Waals surface area contributed by atoms with Gasteiger partial charge in [-0.05, 0) is 76.0 Å². The monoisotopic (exact) mass is 681 g/mol. The number of ether oxygens (including phenoxy) is 2. The number of hydrogen-bond donors (Lipinski definition) is 1. The van der Waals surface area contributed by atoms with Crippen molar-refractivity contribution in [1.29, 1.82) is 0 Å². The Bertz CT molecular complexity index is 624. The summed E-state index contributed by atoms with van der Waals surface area (Å²) < 4.78 is 11.2. The van der Waals surface area contributed by atoms with E-state index in [4.69, 9.17) is 9.47 Å². The second kappa shape index (κ2) is 37.2. The third-order valence-electron chi connectivity index (χ3n) is 10.2. The molecule has 0 aliphatic rings. The van der Waals surface area contributed by atoms with Crippen LogP contribution in [0.15, 0.2) is 0 Å². The van der Waals surface area contributed by atoms with Gasteiger partial charge >= 0.3 is 11.9 Å². The van der Waals surface area contributed by atoms with Crippen LogP contribution in [0.1, 0.15) is 233 Å². The molecule has 0 spiro atoms. The normalized spacial score (nSPS) is 13.4. The summed E-state index contributed by atoms with van der Waals surface area (Å²) in [7, 11) is 0. The first-order valence-corrected chi connectivity index (χ1v) is 21.5. The molecule has 0 radical (unpaired) electrons. The van der Waals surface area contributed by atoms with E-state index in [1.165, 1.54) is 128 Å². The van der Waals surface area contributed by atoms with Gasteiger partial charge in [-0.15, -0.1) is 0 Å². The molecular formula is C43H84O5. The Morgan fingerprint density at radius 1 is 0.396 bits per heavy atom. The lowest BCUT2D eigenvalue weighted by atomic mass is 9.92. The summed E-state index contributed by atoms with van der Waals surface area (Å²) in [5, 5.41) is 10.4. The molecule has 2 atom stereocenters. The number of hydrogen-bond acceptors (Lipinski definition) is 5. The van der Waals surface area contributed by atoms with Crippen molar-refractivity contribution in [3.05, 3.63) is 0 Å². The van der Waals surface area contributed by atoms with Gasteiger partial charge in [0, 0.05) is 12.8 Å². The Kier molecular flexibility index (Phi) is 36.3. The van der Waals surface area contributed by atoms with Crippen LogP contribution in [0.25, 0.3) is 0 Å². The summed E-state index contributed by atoms with van der Waals surface area (Å²) in [4.78, 5) is 25.1. The molecule has 0 aromatic heterocycles. The minimum absolute atomic E-state index is 0.0420. The van der Waals surface area contributed by atoms with Gasteiger partial charge in [0.25, 0.3) is 0 Å². The van der Waals surface area contributed by atoms with Crippen molar-refractivity contribution in [2.24, 2.45) is 11.8 Å². The number of carbonyl (C=O) groups excluding carboxylic acids is 2. The van der Waals surface area contributed by atoms with Crippen LogP contribution in [0, 0.1) is 11.8 Å². The van der Waals surface area contributed by atoms with Gasteiger partial charge in [0.2, 0.25) is 0 Å². The quantitative estimate of drug-likeness (QED) is 0.0519. The third kappa shape index (κ3) is 33.4. The summed E-state index contributed by atoms with van der Waals surface area (Å²) in [6.07, 6.45) is 35.9. The molecule has 0 fully saturated rings. The summed E-state index contributed by atoms with van der Waals surface area (Å²) in [5.74, 6) is 0.838. The van der Waals surface area contributed by atoms with Crippen molar-refractivity contribution >= 4 is 11.9 Å². The fourth-order valence-electron chi connectivity index (χ4n) is 6.91. The van der Waals surface area contributed by atoms with Crippen LogP contribution in [0.5, 0.6) is 0 Å². The van der Waals surface area contributed by atoms with Gasteiger partial charge in [0.1, 0.15) is 0 Å². The molecule has 5 nitrogen and oxygen atoms in total. The fraction of sp³-hybridized carbons (Fsp3) is 0.953. The molecule has 0 bridgehead atoms. The van der Waals surface area contributed by atoms with E-state index in [2.05, 4.69) is 27.7 Å². The zero-order valence-corrected chi connectivity index (χ0v) is 32.9. The van der Waals surface area contributed by atoms with Gasteiger partial charge in [-0.25, -0.2) is 0 Å². The summed E-state index contributed by atoms with van der Waals surface area (Å²) in [6.45, 7) is 9.90. The van der Waals surface area contributed by atoms with Crippen molar-refractivity contribution in [2.45, 2.75) is 239 Å². The van der Waals surface area contributed by atoms with E-state index < -0.39 is 0 Å². The minimum Gasteiger partial charge on any atom is -0.466 e. The van der Waals surface area contributed by atoms with E-state index in [-0.39, 0.29) is 18.0 Å². The summed E-state index contributed by atoms with van der Waals surface area (Å²) >= 11 is 0. The number of aliphatic hydroxyl groups is 1. The number of esters is 2. The average Bonchev–Trinajstić information content (AvgIpc) is 3.07. The molecule has 0 saturated carbocycles. The molecule has 48 heavy (non-hydrogen) atoms. The SMILES string of the molecule is CCCCCCCCCC(CCCCC)CC(=O)OCCCCC(O)CCCCOC(=O)CC(CCCCC)CCCCCCCCC. The van der Waals surface area contributed by atoms with Crippen LogP contribution < -0.4 is 0 Å². The van der Waals surface area contributed by atoms with Crippen molar-refractivity contribution in [3.63, 3.8) is 0 Å². The highest BCUT2D eigenvalue weighted by molar-refractivity contribution is 5.70. The van der Waals surface area contributed by atoms with E-state index in [1.54, 1.807) is 0 Å². The largest absolute Gasteiger partial charge is 0.466 e. The number of rotatable bonds is 38. The lowest BCUT2D eigenvalue weighted by Gasteiger charge is -2.17. The third-order valence-corrected chi connectivity index (χ3v) is 10.2. The maximum absolute atomic E-state index is 12.6. The van der Waals surface area contributed by atoms with Gasteiger partial charge < -0.3 is 14.6 Å². The highest BCUT2D eigenvalue weighted by atomic mass is 16.5. The molecule has 0 aliphatic carbocycles. The average molecular weight is 681 g/mol. The first kappa shape index (κ1) is 46.9. The van der Waals surface area contributed by atoms with E-state index in [0.717, 1.165) is 64.2 Å². The molecule has 0 rings (SSSR count). The first-order chi connectivity index (χ1) is 23.5. The van der Waals surface area contributed by atoms with Crippen LogP contribution in [0.2, 0.25) is 0 Å². The van der Waals surface area contributed by atoms with Crippen LogP contribution in [0.4, 0.5) is 0 Å². The lowest BCUT2D eigenvalue weighted by molar-refractivity contribution is -0.146. The Morgan fingerprint density at radius 3 is 1.02 bits per heavy atom. The maximum Gasteiger partial charge on any atom is 0.306 e. The first-order valence-electron chi connectivity index (χ1n) is 21.5. The highest BCUT2D eigenvalue weighted by Crippen LogP contribution is 2.24. The molecule has 1 N–H and O–H groups in total. The van der Waals surface area contributed by atoms with E-state index in [9.17, 15) is 14.7 Å². The minimum atomic E-state index is -0.341. The van der Waals surface area contributed by atoms with Gasteiger partial charge in [0.05, 0.1) is 19.3 Å². The van der Waals surface area contributed by atoms with E-state index in [1.807, 2.05) is 0 Å². The van der Waals surface area contributed by atoms with E-state index >= 15 is 0 Å². The standard InChI is InChI=1S/C43H84O5/c1-5-9-13-15-17-19-23-31-39(29-21-11-7-3)37-42(45)47-35-27-25-33-41(44)34-26-28-36-48-43(46)38-40(30-22-12-8-4)32-24-20-18-16-14-10-6-2/h39-41,44H,5-38H2,1-4H3. The Hall–Kier alpha value is -1.10. The smallest absolute Gasteiger partial charge is 0.306 e.